The number of nitrogen functional groups attached to an aromatic ring is 1. The maximum absolute atomic E-state index is 12.1. The van der Waals surface area contributed by atoms with E-state index < -0.39 is 0 Å². The summed E-state index contributed by atoms with van der Waals surface area (Å²) in [6.45, 7) is 5.81. The molecule has 0 saturated heterocycles. The number of anilines is 1. The fourth-order valence-corrected chi connectivity index (χ4v) is 2.81. The van der Waals surface area contributed by atoms with Crippen LogP contribution in [0.4, 0.5) is 5.69 Å². The summed E-state index contributed by atoms with van der Waals surface area (Å²) in [6, 6.07) is 5.37. The summed E-state index contributed by atoms with van der Waals surface area (Å²) in [4.78, 5) is 14.9. The van der Waals surface area contributed by atoms with Crippen molar-refractivity contribution < 1.29 is 4.79 Å². The number of amides is 1. The molecule has 106 valence electrons. The second-order valence-electron chi connectivity index (χ2n) is 4.35. The van der Waals surface area contributed by atoms with Crippen LogP contribution in [-0.2, 0) is 4.79 Å². The molecule has 2 N–H and O–H groups in total. The molecule has 19 heavy (non-hydrogen) atoms. The molecular formula is C14H21ClN2OS. The maximum atomic E-state index is 12.1. The predicted octanol–water partition coefficient (Wildman–Crippen LogP) is 3.66. The molecule has 0 unspecified atom stereocenters. The molecule has 0 radical (unpaired) electrons. The summed E-state index contributed by atoms with van der Waals surface area (Å²) in [5.41, 5.74) is 6.50. The minimum Gasteiger partial charge on any atom is -0.398 e. The summed E-state index contributed by atoms with van der Waals surface area (Å²) in [5.74, 6) is 0.592. The lowest BCUT2D eigenvalue weighted by molar-refractivity contribution is -0.128. The lowest BCUT2D eigenvalue weighted by Gasteiger charge is -2.21. The van der Waals surface area contributed by atoms with E-state index in [1.54, 1.807) is 12.1 Å². The third-order valence-corrected chi connectivity index (χ3v) is 3.97. The topological polar surface area (TPSA) is 46.3 Å². The maximum Gasteiger partial charge on any atom is 0.232 e. The molecule has 3 nitrogen and oxygen atoms in total. The Labute approximate surface area is 124 Å². The van der Waals surface area contributed by atoms with Gasteiger partial charge in [-0.15, -0.1) is 11.8 Å². The third kappa shape index (κ3) is 5.33. The predicted molar refractivity (Wildman–Crippen MR) is 83.8 cm³/mol. The molecule has 0 atom stereocenters. The Bertz CT molecular complexity index is 420. The van der Waals surface area contributed by atoms with E-state index in [0.717, 1.165) is 30.8 Å². The quantitative estimate of drug-likeness (QED) is 0.617. The van der Waals surface area contributed by atoms with Crippen LogP contribution in [-0.4, -0.2) is 29.6 Å². The standard InChI is InChI=1S/C14H21ClN2OS/c1-3-7-17(8-4-2)14(18)10-19-13-6-5-11(15)9-12(13)16/h5-6,9H,3-4,7-8,10,16H2,1-2H3. The van der Waals surface area contributed by atoms with Gasteiger partial charge in [-0.05, 0) is 31.0 Å². The normalized spacial score (nSPS) is 10.5. The molecule has 1 aromatic carbocycles. The van der Waals surface area contributed by atoms with Crippen LogP contribution in [0.2, 0.25) is 5.02 Å². The van der Waals surface area contributed by atoms with E-state index in [4.69, 9.17) is 17.3 Å². The van der Waals surface area contributed by atoms with Gasteiger partial charge in [0.1, 0.15) is 0 Å². The largest absolute Gasteiger partial charge is 0.398 e. The summed E-state index contributed by atoms with van der Waals surface area (Å²) < 4.78 is 0. The molecule has 0 fully saturated rings. The van der Waals surface area contributed by atoms with E-state index in [2.05, 4.69) is 13.8 Å². The first-order valence-corrected chi connectivity index (χ1v) is 7.90. The van der Waals surface area contributed by atoms with Crippen molar-refractivity contribution in [3.8, 4) is 0 Å². The minimum atomic E-state index is 0.169. The fraction of sp³-hybridized carbons (Fsp3) is 0.500. The van der Waals surface area contributed by atoms with E-state index in [1.807, 2.05) is 11.0 Å². The van der Waals surface area contributed by atoms with E-state index in [-0.39, 0.29) is 5.91 Å². The van der Waals surface area contributed by atoms with Crippen molar-refractivity contribution in [3.05, 3.63) is 23.2 Å². The molecule has 0 heterocycles. The summed E-state index contributed by atoms with van der Waals surface area (Å²) in [5, 5.41) is 0.617. The molecule has 1 rings (SSSR count). The van der Waals surface area contributed by atoms with Gasteiger partial charge in [-0.2, -0.15) is 0 Å². The van der Waals surface area contributed by atoms with Gasteiger partial charge in [0.25, 0.3) is 0 Å². The third-order valence-electron chi connectivity index (χ3n) is 2.66. The van der Waals surface area contributed by atoms with Crippen molar-refractivity contribution in [3.63, 3.8) is 0 Å². The number of hydrogen-bond acceptors (Lipinski definition) is 3. The van der Waals surface area contributed by atoms with E-state index in [1.165, 1.54) is 11.8 Å². The highest BCUT2D eigenvalue weighted by Gasteiger charge is 2.12. The highest BCUT2D eigenvalue weighted by Crippen LogP contribution is 2.27. The Morgan fingerprint density at radius 3 is 2.47 bits per heavy atom. The van der Waals surface area contributed by atoms with Gasteiger partial charge in [0, 0.05) is 28.7 Å². The van der Waals surface area contributed by atoms with Crippen LogP contribution in [0, 0.1) is 0 Å². The zero-order valence-electron chi connectivity index (χ0n) is 11.5. The Hall–Kier alpha value is -0.870. The van der Waals surface area contributed by atoms with Crippen molar-refractivity contribution in [2.75, 3.05) is 24.6 Å². The van der Waals surface area contributed by atoms with Crippen molar-refractivity contribution in [1.82, 2.24) is 4.90 Å². The zero-order chi connectivity index (χ0) is 14.3. The van der Waals surface area contributed by atoms with Gasteiger partial charge in [-0.25, -0.2) is 0 Å². The number of nitrogens with zero attached hydrogens (tertiary/aromatic N) is 1. The first-order chi connectivity index (χ1) is 9.08. The smallest absolute Gasteiger partial charge is 0.232 e. The number of nitrogens with two attached hydrogens (primary N) is 1. The number of carbonyl (C=O) groups is 1. The number of thioether (sulfide) groups is 1. The number of rotatable bonds is 7. The number of halogens is 1. The van der Waals surface area contributed by atoms with Crippen LogP contribution in [0.15, 0.2) is 23.1 Å². The molecule has 0 spiro atoms. The van der Waals surface area contributed by atoms with E-state index >= 15 is 0 Å². The van der Waals surface area contributed by atoms with Crippen molar-refractivity contribution >= 4 is 35.0 Å². The Kier molecular flexibility index (Phi) is 7.10. The first kappa shape index (κ1) is 16.2. The molecule has 0 saturated carbocycles. The number of benzene rings is 1. The minimum absolute atomic E-state index is 0.169. The van der Waals surface area contributed by atoms with Gasteiger partial charge in [0.2, 0.25) is 5.91 Å². The van der Waals surface area contributed by atoms with Crippen LogP contribution in [0.3, 0.4) is 0 Å². The molecule has 0 aliphatic carbocycles. The molecular weight excluding hydrogens is 280 g/mol. The Morgan fingerprint density at radius 1 is 1.32 bits per heavy atom. The highest BCUT2D eigenvalue weighted by molar-refractivity contribution is 8.00. The molecule has 0 bridgehead atoms. The van der Waals surface area contributed by atoms with Crippen molar-refractivity contribution in [2.45, 2.75) is 31.6 Å². The summed E-state index contributed by atoms with van der Waals surface area (Å²) in [7, 11) is 0. The summed E-state index contributed by atoms with van der Waals surface area (Å²) >= 11 is 7.32. The molecule has 5 heteroatoms. The highest BCUT2D eigenvalue weighted by atomic mass is 35.5. The number of carbonyl (C=O) groups excluding carboxylic acids is 1. The van der Waals surface area contributed by atoms with Gasteiger partial charge in [0.15, 0.2) is 0 Å². The first-order valence-electron chi connectivity index (χ1n) is 6.54. The van der Waals surface area contributed by atoms with Gasteiger partial charge in [-0.1, -0.05) is 25.4 Å². The average Bonchev–Trinajstić information content (AvgIpc) is 2.37. The SMILES string of the molecule is CCCN(CCC)C(=O)CSc1ccc(Cl)cc1N. The van der Waals surface area contributed by atoms with E-state index in [9.17, 15) is 4.79 Å². The molecule has 0 aliphatic rings. The lowest BCUT2D eigenvalue weighted by Crippen LogP contribution is -2.33. The van der Waals surface area contributed by atoms with Crippen molar-refractivity contribution in [2.24, 2.45) is 0 Å². The van der Waals surface area contributed by atoms with Crippen LogP contribution in [0.25, 0.3) is 0 Å². The second kappa shape index (κ2) is 8.33. The van der Waals surface area contributed by atoms with Crippen LogP contribution in [0.5, 0.6) is 0 Å². The molecule has 0 aliphatic heterocycles. The van der Waals surface area contributed by atoms with Gasteiger partial charge in [-0.3, -0.25) is 4.79 Å². The second-order valence-corrected chi connectivity index (χ2v) is 5.81. The summed E-state index contributed by atoms with van der Waals surface area (Å²) in [6.07, 6.45) is 1.97. The average molecular weight is 301 g/mol. The Balaban J connectivity index is 2.56. The monoisotopic (exact) mass is 300 g/mol. The zero-order valence-corrected chi connectivity index (χ0v) is 13.1. The van der Waals surface area contributed by atoms with Crippen LogP contribution in [0.1, 0.15) is 26.7 Å². The Morgan fingerprint density at radius 2 is 1.95 bits per heavy atom. The van der Waals surface area contributed by atoms with Crippen molar-refractivity contribution in [1.29, 1.82) is 0 Å². The molecule has 0 aromatic heterocycles. The lowest BCUT2D eigenvalue weighted by atomic mass is 10.3. The molecule has 1 amide bonds. The van der Waals surface area contributed by atoms with Gasteiger partial charge < -0.3 is 10.6 Å². The van der Waals surface area contributed by atoms with Gasteiger partial charge >= 0.3 is 0 Å². The van der Waals surface area contributed by atoms with Gasteiger partial charge in [0.05, 0.1) is 5.75 Å². The van der Waals surface area contributed by atoms with Crippen LogP contribution < -0.4 is 5.73 Å². The van der Waals surface area contributed by atoms with Crippen LogP contribution >= 0.6 is 23.4 Å². The fourth-order valence-electron chi connectivity index (χ4n) is 1.78. The van der Waals surface area contributed by atoms with E-state index in [0.29, 0.717) is 16.5 Å². The number of hydrogen-bond donors (Lipinski definition) is 1. The molecule has 1 aromatic rings.